The van der Waals surface area contributed by atoms with E-state index < -0.39 is 5.92 Å². The molecule has 144 valence electrons. The summed E-state index contributed by atoms with van der Waals surface area (Å²) in [4.78, 5) is 18.2. The van der Waals surface area contributed by atoms with Crippen molar-refractivity contribution in [2.75, 3.05) is 13.1 Å². The number of H-pyrrole nitrogens is 1. The van der Waals surface area contributed by atoms with Gasteiger partial charge in [-0.25, -0.2) is 9.62 Å². The smallest absolute Gasteiger partial charge is 0.219 e. The second-order valence-corrected chi connectivity index (χ2v) is 7.18. The van der Waals surface area contributed by atoms with Crippen molar-refractivity contribution in [2.45, 2.75) is 19.3 Å². The van der Waals surface area contributed by atoms with Crippen LogP contribution in [0.4, 0.5) is 5.82 Å². The highest BCUT2D eigenvalue weighted by Crippen LogP contribution is 2.44. The molecule has 1 N–H and O–H groups in total. The van der Waals surface area contributed by atoms with Crippen molar-refractivity contribution in [3.63, 3.8) is 0 Å². The monoisotopic (exact) mass is 387 g/mol. The molecule has 9 nitrogen and oxygen atoms in total. The van der Waals surface area contributed by atoms with E-state index in [0.717, 1.165) is 16.7 Å². The van der Waals surface area contributed by atoms with Crippen molar-refractivity contribution in [3.8, 4) is 6.07 Å². The quantitative estimate of drug-likeness (QED) is 0.720. The van der Waals surface area contributed by atoms with Gasteiger partial charge in [0.1, 0.15) is 11.0 Å². The molecule has 1 aromatic carbocycles. The largest absolute Gasteiger partial charge is 0.339 e. The van der Waals surface area contributed by atoms with Crippen LogP contribution in [0.2, 0.25) is 0 Å². The highest BCUT2D eigenvalue weighted by molar-refractivity contribution is 6.07. The van der Waals surface area contributed by atoms with E-state index in [1.54, 1.807) is 18.0 Å². The first-order valence-electron chi connectivity index (χ1n) is 9.35. The van der Waals surface area contributed by atoms with Gasteiger partial charge < -0.3 is 4.90 Å². The first-order chi connectivity index (χ1) is 14.2. The van der Waals surface area contributed by atoms with E-state index in [0.29, 0.717) is 42.1 Å². The second-order valence-electron chi connectivity index (χ2n) is 7.18. The first kappa shape index (κ1) is 17.3. The zero-order valence-electron chi connectivity index (χ0n) is 15.7. The molecular weight excluding hydrogens is 370 g/mol. The molecular formula is C20H17N7O2. The lowest BCUT2D eigenvalue weighted by Gasteiger charge is -2.31. The van der Waals surface area contributed by atoms with Crippen molar-refractivity contribution in [2.24, 2.45) is 10.9 Å². The molecule has 0 saturated carbocycles. The molecule has 0 aliphatic carbocycles. The topological polar surface area (TPSA) is 124 Å². The van der Waals surface area contributed by atoms with Gasteiger partial charge in [0.15, 0.2) is 5.82 Å². The molecule has 2 unspecified atom stereocenters. The summed E-state index contributed by atoms with van der Waals surface area (Å²) >= 11 is 0. The molecule has 0 fully saturated rings. The molecule has 2 aliphatic rings. The van der Waals surface area contributed by atoms with Gasteiger partial charge in [-0.2, -0.15) is 10.4 Å². The third kappa shape index (κ3) is 2.72. The number of carbonyl (C=O) groups excluding carboxylic acids is 1. The highest BCUT2D eigenvalue weighted by atomic mass is 16.6. The van der Waals surface area contributed by atoms with Crippen LogP contribution < -0.4 is 0 Å². The number of amides is 1. The average Bonchev–Trinajstić information content (AvgIpc) is 3.41. The summed E-state index contributed by atoms with van der Waals surface area (Å²) < 4.78 is 4.93. The number of hydrogen-bond acceptors (Lipinski definition) is 7. The van der Waals surface area contributed by atoms with E-state index in [1.807, 2.05) is 24.3 Å². The standard InChI is InChI=1S/C20H17N7O2/c1-11(28)27-7-5-12(6-8-27)18-14(9-21)17(15-10-22-24-20(15)23-18)13-3-2-4-16-19(13)26-29-25-16/h2-5,10,14,17H,6-8H2,1H3,(H,22,24). The Morgan fingerprint density at radius 2 is 2.24 bits per heavy atom. The highest BCUT2D eigenvalue weighted by Gasteiger charge is 2.39. The Balaban J connectivity index is 1.63. The molecule has 29 heavy (non-hydrogen) atoms. The van der Waals surface area contributed by atoms with Gasteiger partial charge in [-0.05, 0) is 33.9 Å². The fourth-order valence-electron chi connectivity index (χ4n) is 4.15. The molecule has 5 rings (SSSR count). The second kappa shape index (κ2) is 6.67. The van der Waals surface area contributed by atoms with Crippen LogP contribution in [0.5, 0.6) is 0 Å². The maximum absolute atomic E-state index is 11.6. The van der Waals surface area contributed by atoms with E-state index in [2.05, 4.69) is 26.6 Å². The Hall–Kier alpha value is -3.80. The number of aromatic amines is 1. The lowest BCUT2D eigenvalue weighted by Crippen LogP contribution is -2.36. The fraction of sp³-hybridized carbons (Fsp3) is 0.300. The van der Waals surface area contributed by atoms with Crippen LogP contribution in [-0.4, -0.2) is 50.1 Å². The van der Waals surface area contributed by atoms with Crippen molar-refractivity contribution in [1.82, 2.24) is 25.4 Å². The maximum atomic E-state index is 11.6. The number of benzene rings is 1. The van der Waals surface area contributed by atoms with Crippen molar-refractivity contribution >= 4 is 28.5 Å². The molecule has 4 heterocycles. The molecule has 2 aliphatic heterocycles. The fourth-order valence-corrected chi connectivity index (χ4v) is 4.15. The lowest BCUT2D eigenvalue weighted by molar-refractivity contribution is -0.128. The molecule has 0 radical (unpaired) electrons. The van der Waals surface area contributed by atoms with Gasteiger partial charge in [-0.15, -0.1) is 0 Å². The van der Waals surface area contributed by atoms with Gasteiger partial charge in [0, 0.05) is 31.5 Å². The molecule has 3 aromatic rings. The molecule has 2 atom stereocenters. The Morgan fingerprint density at radius 1 is 1.34 bits per heavy atom. The summed E-state index contributed by atoms with van der Waals surface area (Å²) in [6.07, 6.45) is 4.36. The van der Waals surface area contributed by atoms with Gasteiger partial charge in [0.25, 0.3) is 0 Å². The van der Waals surface area contributed by atoms with Crippen LogP contribution in [0.25, 0.3) is 11.0 Å². The number of rotatable bonds is 2. The number of aromatic nitrogens is 4. The van der Waals surface area contributed by atoms with Crippen LogP contribution in [0.15, 0.2) is 45.7 Å². The van der Waals surface area contributed by atoms with Gasteiger partial charge in [-0.3, -0.25) is 9.89 Å². The predicted octanol–water partition coefficient (Wildman–Crippen LogP) is 2.48. The summed E-state index contributed by atoms with van der Waals surface area (Å²) in [5.74, 6) is -0.136. The normalized spacial score (nSPS) is 21.3. The Morgan fingerprint density at radius 3 is 3.00 bits per heavy atom. The molecule has 9 heteroatoms. The molecule has 2 aromatic heterocycles. The zero-order chi connectivity index (χ0) is 20.0. The van der Waals surface area contributed by atoms with Crippen LogP contribution in [0, 0.1) is 17.2 Å². The van der Waals surface area contributed by atoms with Crippen LogP contribution in [0.1, 0.15) is 30.4 Å². The molecule has 0 spiro atoms. The van der Waals surface area contributed by atoms with E-state index in [1.165, 1.54) is 0 Å². The van der Waals surface area contributed by atoms with Crippen molar-refractivity contribution in [1.29, 1.82) is 5.26 Å². The van der Waals surface area contributed by atoms with Crippen LogP contribution in [0.3, 0.4) is 0 Å². The van der Waals surface area contributed by atoms with Crippen LogP contribution >= 0.6 is 0 Å². The SMILES string of the molecule is CC(=O)N1CC=C(C2=Nc3[nH]ncc3C(c3cccc4nonc34)C2C#N)CC1. The Bertz CT molecular complexity index is 1210. The summed E-state index contributed by atoms with van der Waals surface area (Å²) in [5, 5.41) is 25.2. The first-order valence-corrected chi connectivity index (χ1v) is 9.35. The maximum Gasteiger partial charge on any atom is 0.219 e. The summed E-state index contributed by atoms with van der Waals surface area (Å²) in [7, 11) is 0. The summed E-state index contributed by atoms with van der Waals surface area (Å²) in [5.41, 5.74) is 4.68. The molecule has 1 amide bonds. The summed E-state index contributed by atoms with van der Waals surface area (Å²) in [6.45, 7) is 2.70. The predicted molar refractivity (Wildman–Crippen MR) is 103 cm³/mol. The third-order valence-electron chi connectivity index (χ3n) is 5.62. The third-order valence-corrected chi connectivity index (χ3v) is 5.62. The van der Waals surface area contributed by atoms with Gasteiger partial charge in [-0.1, -0.05) is 18.2 Å². The lowest BCUT2D eigenvalue weighted by atomic mass is 9.75. The Kier molecular flexibility index (Phi) is 3.98. The number of carbonyl (C=O) groups is 1. The van der Waals surface area contributed by atoms with E-state index in [-0.39, 0.29) is 11.8 Å². The summed E-state index contributed by atoms with van der Waals surface area (Å²) in [6, 6.07) is 8.09. The number of nitrogens with zero attached hydrogens (tertiary/aromatic N) is 6. The van der Waals surface area contributed by atoms with Gasteiger partial charge >= 0.3 is 0 Å². The van der Waals surface area contributed by atoms with Crippen molar-refractivity contribution < 1.29 is 9.42 Å². The molecule has 0 saturated heterocycles. The zero-order valence-corrected chi connectivity index (χ0v) is 15.7. The number of nitriles is 1. The van der Waals surface area contributed by atoms with Gasteiger partial charge in [0.05, 0.1) is 23.9 Å². The number of nitrogens with one attached hydrogen (secondary N) is 1. The van der Waals surface area contributed by atoms with Crippen molar-refractivity contribution in [3.05, 3.63) is 47.2 Å². The average molecular weight is 387 g/mol. The van der Waals surface area contributed by atoms with E-state index in [4.69, 9.17) is 9.62 Å². The van der Waals surface area contributed by atoms with Gasteiger partial charge in [0.2, 0.25) is 5.91 Å². The Labute approximate surface area is 165 Å². The minimum Gasteiger partial charge on any atom is -0.339 e. The number of hydrogen-bond donors (Lipinski definition) is 1. The number of aliphatic imine (C=N–C) groups is 1. The minimum atomic E-state index is -0.516. The van der Waals surface area contributed by atoms with E-state index >= 15 is 0 Å². The minimum absolute atomic E-state index is 0.0432. The number of fused-ring (bicyclic) bond motifs is 2. The van der Waals surface area contributed by atoms with E-state index in [9.17, 15) is 10.1 Å². The van der Waals surface area contributed by atoms with Crippen LogP contribution in [-0.2, 0) is 4.79 Å². The molecule has 0 bridgehead atoms.